The summed E-state index contributed by atoms with van der Waals surface area (Å²) in [7, 11) is 1.67. The first-order chi connectivity index (χ1) is 11.1. The maximum absolute atomic E-state index is 12.6. The third kappa shape index (κ3) is 3.12. The summed E-state index contributed by atoms with van der Waals surface area (Å²) in [6.07, 6.45) is -0.913. The zero-order chi connectivity index (χ0) is 16.4. The minimum atomic E-state index is -0.590. The first-order valence-corrected chi connectivity index (χ1v) is 7.88. The summed E-state index contributed by atoms with van der Waals surface area (Å²) in [6, 6.07) is 7.49. The molecule has 0 aromatic heterocycles. The molecule has 6 nitrogen and oxygen atoms in total. The molecule has 0 saturated carbocycles. The summed E-state index contributed by atoms with van der Waals surface area (Å²) in [6.45, 7) is 4.16. The van der Waals surface area contributed by atoms with Gasteiger partial charge in [-0.3, -0.25) is 4.79 Å². The Morgan fingerprint density at radius 3 is 2.61 bits per heavy atom. The number of nitrogens with zero attached hydrogens (tertiary/aromatic N) is 1. The molecule has 0 bridgehead atoms. The lowest BCUT2D eigenvalue weighted by molar-refractivity contribution is -0.202. The molecule has 2 aliphatic rings. The number of rotatable bonds is 4. The van der Waals surface area contributed by atoms with Crippen LogP contribution in [-0.4, -0.2) is 68.1 Å². The van der Waals surface area contributed by atoms with E-state index in [0.717, 1.165) is 5.56 Å². The van der Waals surface area contributed by atoms with Crippen LogP contribution in [0.25, 0.3) is 0 Å². The summed E-state index contributed by atoms with van der Waals surface area (Å²) in [5, 5.41) is 9.65. The van der Waals surface area contributed by atoms with Gasteiger partial charge in [-0.1, -0.05) is 12.1 Å². The van der Waals surface area contributed by atoms with Crippen molar-refractivity contribution in [2.24, 2.45) is 0 Å². The van der Waals surface area contributed by atoms with Crippen molar-refractivity contribution in [2.75, 3.05) is 40.0 Å². The fourth-order valence-electron chi connectivity index (χ4n) is 2.94. The second kappa shape index (κ2) is 6.57. The van der Waals surface area contributed by atoms with E-state index in [1.165, 1.54) is 0 Å². The van der Waals surface area contributed by atoms with E-state index >= 15 is 0 Å². The van der Waals surface area contributed by atoms with Gasteiger partial charge in [0.1, 0.15) is 11.7 Å². The van der Waals surface area contributed by atoms with Gasteiger partial charge in [0.15, 0.2) is 0 Å². The van der Waals surface area contributed by atoms with Crippen molar-refractivity contribution in [3.63, 3.8) is 0 Å². The molecule has 1 amide bonds. The minimum Gasteiger partial charge on any atom is -0.391 e. The van der Waals surface area contributed by atoms with Crippen LogP contribution in [-0.2, 0) is 19.8 Å². The Morgan fingerprint density at radius 2 is 2.09 bits per heavy atom. The molecule has 23 heavy (non-hydrogen) atoms. The van der Waals surface area contributed by atoms with Gasteiger partial charge in [0.05, 0.1) is 25.9 Å². The Hall–Kier alpha value is -1.47. The van der Waals surface area contributed by atoms with Gasteiger partial charge in [-0.05, 0) is 24.6 Å². The molecule has 0 radical (unpaired) electrons. The summed E-state index contributed by atoms with van der Waals surface area (Å²) >= 11 is 0. The number of morpholine rings is 1. The third-order valence-electron chi connectivity index (χ3n) is 4.64. The van der Waals surface area contributed by atoms with Crippen molar-refractivity contribution in [2.45, 2.75) is 24.7 Å². The normalized spacial score (nSPS) is 24.8. The molecule has 126 valence electrons. The molecule has 1 aromatic carbocycles. The van der Waals surface area contributed by atoms with Crippen LogP contribution in [0, 0.1) is 0 Å². The van der Waals surface area contributed by atoms with Crippen LogP contribution in [0.2, 0.25) is 0 Å². The highest BCUT2D eigenvalue weighted by Crippen LogP contribution is 2.33. The van der Waals surface area contributed by atoms with Gasteiger partial charge in [0.25, 0.3) is 5.91 Å². The van der Waals surface area contributed by atoms with Crippen LogP contribution < -0.4 is 0 Å². The van der Waals surface area contributed by atoms with E-state index in [0.29, 0.717) is 38.5 Å². The third-order valence-corrected chi connectivity index (χ3v) is 4.64. The molecule has 2 atom stereocenters. The lowest BCUT2D eigenvalue weighted by Gasteiger charge is -2.40. The molecule has 2 fully saturated rings. The lowest BCUT2D eigenvalue weighted by Crippen LogP contribution is -2.49. The molecule has 0 spiro atoms. The van der Waals surface area contributed by atoms with Crippen molar-refractivity contribution in [3.05, 3.63) is 35.4 Å². The van der Waals surface area contributed by atoms with E-state index in [2.05, 4.69) is 0 Å². The van der Waals surface area contributed by atoms with Gasteiger partial charge in [-0.25, -0.2) is 0 Å². The molecular formula is C17H23NO5. The smallest absolute Gasteiger partial charge is 0.254 e. The van der Waals surface area contributed by atoms with Crippen LogP contribution in [0.5, 0.6) is 0 Å². The number of carbonyl (C=O) groups excluding carboxylic acids is 1. The van der Waals surface area contributed by atoms with Crippen LogP contribution in [0.4, 0.5) is 0 Å². The molecule has 0 aliphatic carbocycles. The first-order valence-electron chi connectivity index (χ1n) is 7.88. The monoisotopic (exact) mass is 321 g/mol. The predicted molar refractivity (Wildman–Crippen MR) is 83.3 cm³/mol. The highest BCUT2D eigenvalue weighted by Gasteiger charge is 2.40. The maximum atomic E-state index is 12.6. The molecule has 2 heterocycles. The van der Waals surface area contributed by atoms with E-state index in [1.54, 1.807) is 18.9 Å². The Labute approximate surface area is 135 Å². The Morgan fingerprint density at radius 1 is 1.39 bits per heavy atom. The molecule has 1 N–H and O–H groups in total. The Kier molecular flexibility index (Phi) is 4.68. The molecule has 2 unspecified atom stereocenters. The van der Waals surface area contributed by atoms with Gasteiger partial charge in [0.2, 0.25) is 0 Å². The standard InChI is InChI=1S/C17H23NO5/c1-12(19)15-9-18(7-8-23-15)16(20)13-3-5-14(6-4-13)17(21-2)10-22-11-17/h3-6,12,15,19H,7-11H2,1-2H3. The topological polar surface area (TPSA) is 68.2 Å². The van der Waals surface area contributed by atoms with Crippen LogP contribution in [0.15, 0.2) is 24.3 Å². The van der Waals surface area contributed by atoms with Gasteiger partial charge in [-0.2, -0.15) is 0 Å². The zero-order valence-corrected chi connectivity index (χ0v) is 13.5. The van der Waals surface area contributed by atoms with E-state index < -0.39 is 6.10 Å². The second-order valence-electron chi connectivity index (χ2n) is 6.17. The summed E-state index contributed by atoms with van der Waals surface area (Å²) in [5.74, 6) is -0.0400. The maximum Gasteiger partial charge on any atom is 0.254 e. The number of carbonyl (C=O) groups is 1. The molecule has 3 rings (SSSR count). The van der Waals surface area contributed by atoms with Crippen LogP contribution in [0.1, 0.15) is 22.8 Å². The van der Waals surface area contributed by atoms with Gasteiger partial charge >= 0.3 is 0 Å². The number of benzene rings is 1. The average molecular weight is 321 g/mol. The second-order valence-corrected chi connectivity index (χ2v) is 6.17. The highest BCUT2D eigenvalue weighted by molar-refractivity contribution is 5.94. The Balaban J connectivity index is 1.70. The van der Waals surface area contributed by atoms with Crippen molar-refractivity contribution in [3.8, 4) is 0 Å². The quantitative estimate of drug-likeness (QED) is 0.888. The minimum absolute atomic E-state index is 0.0400. The fourth-order valence-corrected chi connectivity index (χ4v) is 2.94. The highest BCUT2D eigenvalue weighted by atomic mass is 16.6. The molecule has 2 aliphatic heterocycles. The number of ether oxygens (including phenoxy) is 3. The van der Waals surface area contributed by atoms with Crippen molar-refractivity contribution in [1.29, 1.82) is 0 Å². The molecule has 6 heteroatoms. The summed E-state index contributed by atoms with van der Waals surface area (Å²) < 4.78 is 16.3. The predicted octanol–water partition coefficient (Wildman–Crippen LogP) is 0.780. The molecule has 1 aromatic rings. The van der Waals surface area contributed by atoms with Crippen molar-refractivity contribution >= 4 is 5.91 Å². The number of amides is 1. The number of aliphatic hydroxyl groups excluding tert-OH is 1. The fraction of sp³-hybridized carbons (Fsp3) is 0.588. The van der Waals surface area contributed by atoms with E-state index in [-0.39, 0.29) is 17.6 Å². The molecular weight excluding hydrogens is 298 g/mol. The SMILES string of the molecule is COC1(c2ccc(C(=O)N3CCOC(C(C)O)C3)cc2)COC1. The average Bonchev–Trinajstić information content (AvgIpc) is 2.54. The first kappa shape index (κ1) is 16.4. The van der Waals surface area contributed by atoms with Crippen molar-refractivity contribution < 1.29 is 24.1 Å². The number of aliphatic hydroxyl groups is 1. The van der Waals surface area contributed by atoms with Crippen LogP contribution in [0.3, 0.4) is 0 Å². The summed E-state index contributed by atoms with van der Waals surface area (Å²) in [5.41, 5.74) is 1.27. The lowest BCUT2D eigenvalue weighted by atomic mass is 9.91. The van der Waals surface area contributed by atoms with Gasteiger partial charge < -0.3 is 24.2 Å². The van der Waals surface area contributed by atoms with Crippen LogP contribution >= 0.6 is 0 Å². The van der Waals surface area contributed by atoms with Gasteiger partial charge in [0, 0.05) is 25.8 Å². The van der Waals surface area contributed by atoms with Crippen molar-refractivity contribution in [1.82, 2.24) is 4.90 Å². The zero-order valence-electron chi connectivity index (χ0n) is 13.5. The van der Waals surface area contributed by atoms with E-state index in [4.69, 9.17) is 14.2 Å². The Bertz CT molecular complexity index is 547. The number of methoxy groups -OCH3 is 1. The summed E-state index contributed by atoms with van der Waals surface area (Å²) in [4.78, 5) is 14.3. The molecule has 2 saturated heterocycles. The number of hydrogen-bond donors (Lipinski definition) is 1. The van der Waals surface area contributed by atoms with E-state index in [9.17, 15) is 9.90 Å². The van der Waals surface area contributed by atoms with Gasteiger partial charge in [-0.15, -0.1) is 0 Å². The number of hydrogen-bond acceptors (Lipinski definition) is 5. The van der Waals surface area contributed by atoms with E-state index in [1.807, 2.05) is 24.3 Å². The largest absolute Gasteiger partial charge is 0.391 e.